The number of carbonyl (C=O) groups excluding carboxylic acids is 1. The van der Waals surface area contributed by atoms with Crippen LogP contribution in [0.4, 0.5) is 0 Å². The zero-order valence-electron chi connectivity index (χ0n) is 14.2. The Bertz CT molecular complexity index is 693. The van der Waals surface area contributed by atoms with Crippen molar-refractivity contribution in [3.05, 3.63) is 29.1 Å². The first-order chi connectivity index (χ1) is 11.7. The highest BCUT2D eigenvalue weighted by Crippen LogP contribution is 2.22. The summed E-state index contributed by atoms with van der Waals surface area (Å²) in [6.07, 6.45) is 6.70. The molecular formula is C16H24N6O2. The van der Waals surface area contributed by atoms with Crippen molar-refractivity contribution >= 4 is 5.91 Å². The molecule has 130 valence electrons. The molecule has 0 aliphatic heterocycles. The van der Waals surface area contributed by atoms with Gasteiger partial charge in [0.15, 0.2) is 11.5 Å². The molecule has 1 amide bonds. The number of fused-ring (bicyclic) bond motifs is 1. The first-order valence-corrected chi connectivity index (χ1v) is 8.44. The van der Waals surface area contributed by atoms with Gasteiger partial charge in [-0.15, -0.1) is 10.2 Å². The highest BCUT2D eigenvalue weighted by atomic mass is 16.5. The van der Waals surface area contributed by atoms with Crippen molar-refractivity contribution in [3.8, 4) is 0 Å². The largest absolute Gasteiger partial charge is 0.385 e. The van der Waals surface area contributed by atoms with E-state index in [-0.39, 0.29) is 11.9 Å². The Balaban J connectivity index is 1.66. The van der Waals surface area contributed by atoms with Crippen LogP contribution in [0.5, 0.6) is 0 Å². The maximum Gasteiger partial charge on any atom is 0.272 e. The average molecular weight is 332 g/mol. The van der Waals surface area contributed by atoms with Crippen LogP contribution in [-0.2, 0) is 24.1 Å². The first kappa shape index (κ1) is 16.6. The molecule has 1 atom stereocenters. The van der Waals surface area contributed by atoms with E-state index >= 15 is 0 Å². The molecule has 2 aromatic rings. The summed E-state index contributed by atoms with van der Waals surface area (Å²) in [6.45, 7) is 3.35. The van der Waals surface area contributed by atoms with E-state index in [0.717, 1.165) is 55.7 Å². The van der Waals surface area contributed by atoms with Crippen LogP contribution in [0.1, 0.15) is 59.8 Å². The van der Waals surface area contributed by atoms with E-state index in [1.807, 2.05) is 11.5 Å². The van der Waals surface area contributed by atoms with Crippen molar-refractivity contribution < 1.29 is 9.53 Å². The number of ether oxygens (including phenoxy) is 1. The van der Waals surface area contributed by atoms with Crippen LogP contribution in [0.2, 0.25) is 0 Å². The normalized spacial score (nSPS) is 15.1. The van der Waals surface area contributed by atoms with Gasteiger partial charge in [0, 0.05) is 31.5 Å². The van der Waals surface area contributed by atoms with Crippen LogP contribution in [0.25, 0.3) is 0 Å². The Morgan fingerprint density at radius 3 is 3.12 bits per heavy atom. The number of methoxy groups -OCH3 is 1. The zero-order chi connectivity index (χ0) is 16.9. The smallest absolute Gasteiger partial charge is 0.272 e. The third kappa shape index (κ3) is 3.48. The third-order valence-corrected chi connectivity index (χ3v) is 4.40. The lowest BCUT2D eigenvalue weighted by Gasteiger charge is -2.15. The molecule has 1 aliphatic rings. The second kappa shape index (κ2) is 7.57. The number of hydrogen-bond acceptors (Lipinski definition) is 5. The van der Waals surface area contributed by atoms with Crippen LogP contribution >= 0.6 is 0 Å². The van der Waals surface area contributed by atoms with Gasteiger partial charge in [-0.25, -0.2) is 0 Å². The minimum atomic E-state index is -0.238. The number of rotatable bonds is 7. The highest BCUT2D eigenvalue weighted by Gasteiger charge is 2.24. The standard InChI is InChI=1S/C16H24N6O2/c1-11(15-21-17-10-22(15)8-5-9-24-2)18-16(23)14-12-6-3-4-7-13(12)19-20-14/h10-11H,3-9H2,1-2H3,(H,18,23)(H,19,20)/t11-/m1/s1. The molecule has 8 nitrogen and oxygen atoms in total. The predicted octanol–water partition coefficient (Wildman–Crippen LogP) is 1.41. The number of nitrogens with zero attached hydrogens (tertiary/aromatic N) is 4. The average Bonchev–Trinajstić information content (AvgIpc) is 3.21. The van der Waals surface area contributed by atoms with Crippen LogP contribution in [-0.4, -0.2) is 44.6 Å². The summed E-state index contributed by atoms with van der Waals surface area (Å²) in [5.74, 6) is 0.581. The van der Waals surface area contributed by atoms with Gasteiger partial charge in [-0.2, -0.15) is 5.10 Å². The molecule has 0 unspecified atom stereocenters. The molecule has 2 N–H and O–H groups in total. The number of carbonyl (C=O) groups is 1. The van der Waals surface area contributed by atoms with E-state index < -0.39 is 0 Å². The number of aryl methyl sites for hydroxylation is 2. The van der Waals surface area contributed by atoms with Gasteiger partial charge < -0.3 is 14.6 Å². The Hall–Kier alpha value is -2.22. The minimum Gasteiger partial charge on any atom is -0.385 e. The molecule has 24 heavy (non-hydrogen) atoms. The number of amides is 1. The van der Waals surface area contributed by atoms with E-state index in [4.69, 9.17) is 4.74 Å². The Morgan fingerprint density at radius 2 is 2.29 bits per heavy atom. The lowest BCUT2D eigenvalue weighted by Crippen LogP contribution is -2.30. The fraction of sp³-hybridized carbons (Fsp3) is 0.625. The molecule has 0 fully saturated rings. The molecule has 3 rings (SSSR count). The van der Waals surface area contributed by atoms with Gasteiger partial charge in [-0.1, -0.05) is 0 Å². The van der Waals surface area contributed by atoms with Gasteiger partial charge in [0.25, 0.3) is 5.91 Å². The lowest BCUT2D eigenvalue weighted by molar-refractivity contribution is 0.0931. The third-order valence-electron chi connectivity index (χ3n) is 4.40. The molecule has 0 bridgehead atoms. The molecule has 2 heterocycles. The monoisotopic (exact) mass is 332 g/mol. The second-order valence-corrected chi connectivity index (χ2v) is 6.16. The molecule has 0 radical (unpaired) electrons. The van der Waals surface area contributed by atoms with Gasteiger partial charge >= 0.3 is 0 Å². The number of nitrogens with one attached hydrogen (secondary N) is 2. The van der Waals surface area contributed by atoms with Gasteiger partial charge in [0.1, 0.15) is 6.33 Å². The minimum absolute atomic E-state index is 0.159. The summed E-state index contributed by atoms with van der Waals surface area (Å²) in [7, 11) is 1.68. The number of hydrogen-bond donors (Lipinski definition) is 2. The molecule has 0 saturated carbocycles. The molecule has 8 heteroatoms. The fourth-order valence-electron chi connectivity index (χ4n) is 3.15. The zero-order valence-corrected chi connectivity index (χ0v) is 14.2. The maximum absolute atomic E-state index is 12.6. The number of aromatic amines is 1. The maximum atomic E-state index is 12.6. The first-order valence-electron chi connectivity index (χ1n) is 8.44. The summed E-state index contributed by atoms with van der Waals surface area (Å²) in [5.41, 5.74) is 2.68. The molecule has 0 spiro atoms. The van der Waals surface area contributed by atoms with Crippen molar-refractivity contribution in [2.75, 3.05) is 13.7 Å². The highest BCUT2D eigenvalue weighted by molar-refractivity contribution is 5.94. The van der Waals surface area contributed by atoms with E-state index in [0.29, 0.717) is 12.3 Å². The van der Waals surface area contributed by atoms with Crippen LogP contribution in [0.15, 0.2) is 6.33 Å². The molecule has 1 aliphatic carbocycles. The predicted molar refractivity (Wildman–Crippen MR) is 87.6 cm³/mol. The van der Waals surface area contributed by atoms with E-state index in [2.05, 4.69) is 25.7 Å². The quantitative estimate of drug-likeness (QED) is 0.747. The fourth-order valence-corrected chi connectivity index (χ4v) is 3.15. The SMILES string of the molecule is COCCCn1cnnc1[C@@H](C)NC(=O)c1n[nH]c2c1CCCC2. The number of H-pyrrole nitrogens is 1. The van der Waals surface area contributed by atoms with Gasteiger partial charge in [-0.3, -0.25) is 9.89 Å². The van der Waals surface area contributed by atoms with E-state index in [1.54, 1.807) is 13.4 Å². The Labute approximate surface area is 141 Å². The van der Waals surface area contributed by atoms with Crippen LogP contribution in [0, 0.1) is 0 Å². The Morgan fingerprint density at radius 1 is 1.46 bits per heavy atom. The van der Waals surface area contributed by atoms with Crippen molar-refractivity contribution in [1.82, 2.24) is 30.3 Å². The molecule has 0 saturated heterocycles. The van der Waals surface area contributed by atoms with Crippen LogP contribution in [0.3, 0.4) is 0 Å². The summed E-state index contributed by atoms with van der Waals surface area (Å²) in [4.78, 5) is 12.6. The molecule has 2 aromatic heterocycles. The van der Waals surface area contributed by atoms with Gasteiger partial charge in [0.2, 0.25) is 0 Å². The van der Waals surface area contributed by atoms with Crippen molar-refractivity contribution in [2.24, 2.45) is 0 Å². The van der Waals surface area contributed by atoms with Gasteiger partial charge in [-0.05, 0) is 39.0 Å². The summed E-state index contributed by atoms with van der Waals surface area (Å²) < 4.78 is 7.02. The topological polar surface area (TPSA) is 97.7 Å². The number of aromatic nitrogens is 5. The van der Waals surface area contributed by atoms with Gasteiger partial charge in [0.05, 0.1) is 6.04 Å². The Kier molecular flexibility index (Phi) is 5.24. The van der Waals surface area contributed by atoms with Crippen molar-refractivity contribution in [3.63, 3.8) is 0 Å². The lowest BCUT2D eigenvalue weighted by atomic mass is 9.95. The van der Waals surface area contributed by atoms with E-state index in [1.165, 1.54) is 0 Å². The summed E-state index contributed by atoms with van der Waals surface area (Å²) in [6, 6.07) is -0.238. The van der Waals surface area contributed by atoms with Crippen molar-refractivity contribution in [2.45, 2.75) is 51.6 Å². The van der Waals surface area contributed by atoms with Crippen LogP contribution < -0.4 is 5.32 Å². The van der Waals surface area contributed by atoms with Crippen molar-refractivity contribution in [1.29, 1.82) is 0 Å². The summed E-state index contributed by atoms with van der Waals surface area (Å²) >= 11 is 0. The van der Waals surface area contributed by atoms with E-state index in [9.17, 15) is 4.79 Å². The molecule has 0 aromatic carbocycles. The summed E-state index contributed by atoms with van der Waals surface area (Å²) in [5, 5.41) is 18.3. The molecular weight excluding hydrogens is 308 g/mol. The second-order valence-electron chi connectivity index (χ2n) is 6.16.